The van der Waals surface area contributed by atoms with Gasteiger partial charge in [0.1, 0.15) is 12.6 Å². The van der Waals surface area contributed by atoms with Crippen LogP contribution in [-0.4, -0.2) is 43.3 Å². The molecule has 0 bridgehead atoms. The first-order valence-corrected chi connectivity index (χ1v) is 4.20. The van der Waals surface area contributed by atoms with E-state index in [0.29, 0.717) is 4.90 Å². The molecule has 0 heterocycles. The van der Waals surface area contributed by atoms with Crippen LogP contribution in [0.5, 0.6) is 0 Å². The number of methoxy groups -OCH3 is 1. The monoisotopic (exact) mass is 213 g/mol. The summed E-state index contributed by atoms with van der Waals surface area (Å²) in [5.74, 6) is -0.646. The van der Waals surface area contributed by atoms with E-state index in [1.807, 2.05) is 0 Å². The van der Waals surface area contributed by atoms with Crippen LogP contribution in [0.4, 0.5) is 13.2 Å². The number of carbonyl (C=O) groups excluding carboxylic acids is 1. The van der Waals surface area contributed by atoms with Crippen molar-refractivity contribution in [3.63, 3.8) is 0 Å². The number of amides is 1. The number of hydrogen-bond acceptors (Lipinski definition) is 2. The zero-order valence-corrected chi connectivity index (χ0v) is 8.39. The number of hydrogen-bond donors (Lipinski definition) is 0. The Bertz CT molecular complexity index is 194. The summed E-state index contributed by atoms with van der Waals surface area (Å²) in [4.78, 5) is 12.0. The van der Waals surface area contributed by atoms with E-state index >= 15 is 0 Å². The van der Waals surface area contributed by atoms with E-state index in [0.717, 1.165) is 0 Å². The maximum Gasteiger partial charge on any atom is 0.406 e. The summed E-state index contributed by atoms with van der Waals surface area (Å²) in [6.07, 6.45) is -5.20. The lowest BCUT2D eigenvalue weighted by Crippen LogP contribution is -2.43. The number of ether oxygens (including phenoxy) is 1. The summed E-state index contributed by atoms with van der Waals surface area (Å²) in [5, 5.41) is 0. The fourth-order valence-electron chi connectivity index (χ4n) is 0.920. The maximum absolute atomic E-state index is 12.0. The zero-order chi connectivity index (χ0) is 11.4. The van der Waals surface area contributed by atoms with Crippen LogP contribution in [0, 0.1) is 0 Å². The smallest absolute Gasteiger partial charge is 0.372 e. The van der Waals surface area contributed by atoms with Crippen LogP contribution < -0.4 is 0 Å². The van der Waals surface area contributed by atoms with Crippen LogP contribution in [0.3, 0.4) is 0 Å². The molecule has 0 aliphatic rings. The second kappa shape index (κ2) is 5.19. The Morgan fingerprint density at radius 3 is 2.29 bits per heavy atom. The fourth-order valence-corrected chi connectivity index (χ4v) is 0.920. The van der Waals surface area contributed by atoms with Gasteiger partial charge in [-0.3, -0.25) is 4.79 Å². The summed E-state index contributed by atoms with van der Waals surface area (Å²) < 4.78 is 40.6. The van der Waals surface area contributed by atoms with Crippen molar-refractivity contribution in [3.8, 4) is 0 Å². The summed E-state index contributed by atoms with van der Waals surface area (Å²) in [6, 6.07) is 0. The van der Waals surface area contributed by atoms with Crippen molar-refractivity contribution in [2.45, 2.75) is 26.1 Å². The second-order valence-corrected chi connectivity index (χ2v) is 2.85. The highest BCUT2D eigenvalue weighted by Gasteiger charge is 2.33. The minimum atomic E-state index is -4.36. The van der Waals surface area contributed by atoms with Gasteiger partial charge in [-0.15, -0.1) is 0 Å². The summed E-state index contributed by atoms with van der Waals surface area (Å²) in [7, 11) is 1.28. The molecular formula is C8H14F3NO2. The van der Waals surface area contributed by atoms with Crippen molar-refractivity contribution in [1.29, 1.82) is 0 Å². The minimum absolute atomic E-state index is 0.0199. The van der Waals surface area contributed by atoms with E-state index in [1.54, 1.807) is 0 Å². The lowest BCUT2D eigenvalue weighted by Gasteiger charge is -2.24. The molecule has 0 aromatic rings. The lowest BCUT2D eigenvalue weighted by atomic mass is 10.3. The van der Waals surface area contributed by atoms with Gasteiger partial charge >= 0.3 is 6.18 Å². The SMILES string of the molecule is CCN(CC(F)(F)F)C(=O)C(C)OC. The highest BCUT2D eigenvalue weighted by Crippen LogP contribution is 2.17. The van der Waals surface area contributed by atoms with Crippen LogP contribution >= 0.6 is 0 Å². The highest BCUT2D eigenvalue weighted by atomic mass is 19.4. The summed E-state index contributed by atoms with van der Waals surface area (Å²) >= 11 is 0. The Balaban J connectivity index is 4.34. The number of carbonyl (C=O) groups is 1. The van der Waals surface area contributed by atoms with Crippen LogP contribution in [0.2, 0.25) is 0 Å². The van der Waals surface area contributed by atoms with Gasteiger partial charge in [0, 0.05) is 13.7 Å². The number of rotatable bonds is 4. The second-order valence-electron chi connectivity index (χ2n) is 2.85. The Kier molecular flexibility index (Phi) is 4.90. The summed E-state index contributed by atoms with van der Waals surface area (Å²) in [5.41, 5.74) is 0. The molecule has 0 aliphatic heterocycles. The Labute approximate surface area is 80.8 Å². The van der Waals surface area contributed by atoms with E-state index in [9.17, 15) is 18.0 Å². The van der Waals surface area contributed by atoms with Crippen molar-refractivity contribution >= 4 is 5.91 Å². The van der Waals surface area contributed by atoms with E-state index in [2.05, 4.69) is 4.74 Å². The van der Waals surface area contributed by atoms with Gasteiger partial charge in [-0.2, -0.15) is 13.2 Å². The van der Waals surface area contributed by atoms with E-state index < -0.39 is 24.7 Å². The molecule has 0 saturated carbocycles. The normalized spacial score (nSPS) is 13.9. The topological polar surface area (TPSA) is 29.5 Å². The van der Waals surface area contributed by atoms with Gasteiger partial charge in [0.2, 0.25) is 0 Å². The largest absolute Gasteiger partial charge is 0.406 e. The molecule has 14 heavy (non-hydrogen) atoms. The quantitative estimate of drug-likeness (QED) is 0.707. The van der Waals surface area contributed by atoms with Gasteiger partial charge in [0.25, 0.3) is 5.91 Å². The number of halogens is 3. The average Bonchev–Trinajstić information content (AvgIpc) is 2.10. The number of nitrogens with zero attached hydrogens (tertiary/aromatic N) is 1. The first-order chi connectivity index (χ1) is 6.31. The molecule has 0 aliphatic carbocycles. The minimum Gasteiger partial charge on any atom is -0.372 e. The Hall–Kier alpha value is -0.780. The molecule has 84 valence electrons. The molecule has 1 atom stereocenters. The molecule has 0 N–H and O–H groups in total. The van der Waals surface area contributed by atoms with E-state index in [-0.39, 0.29) is 6.54 Å². The zero-order valence-electron chi connectivity index (χ0n) is 8.39. The third-order valence-electron chi connectivity index (χ3n) is 1.76. The van der Waals surface area contributed by atoms with Crippen molar-refractivity contribution in [1.82, 2.24) is 4.90 Å². The van der Waals surface area contributed by atoms with Gasteiger partial charge in [-0.25, -0.2) is 0 Å². The third-order valence-corrected chi connectivity index (χ3v) is 1.76. The molecular weight excluding hydrogens is 199 g/mol. The molecule has 0 saturated heterocycles. The molecule has 0 fully saturated rings. The van der Waals surface area contributed by atoms with Crippen molar-refractivity contribution in [3.05, 3.63) is 0 Å². The van der Waals surface area contributed by atoms with Gasteiger partial charge in [-0.1, -0.05) is 0 Å². The lowest BCUT2D eigenvalue weighted by molar-refractivity contribution is -0.166. The van der Waals surface area contributed by atoms with Crippen LogP contribution in [0.1, 0.15) is 13.8 Å². The van der Waals surface area contributed by atoms with E-state index in [4.69, 9.17) is 0 Å². The van der Waals surface area contributed by atoms with Gasteiger partial charge in [0.15, 0.2) is 0 Å². The first-order valence-electron chi connectivity index (χ1n) is 4.20. The average molecular weight is 213 g/mol. The number of likely N-dealkylation sites (N-methyl/N-ethyl adjacent to an activating group) is 1. The van der Waals surface area contributed by atoms with Gasteiger partial charge < -0.3 is 9.64 Å². The van der Waals surface area contributed by atoms with Crippen molar-refractivity contribution < 1.29 is 22.7 Å². The maximum atomic E-state index is 12.0. The summed E-state index contributed by atoms with van der Waals surface area (Å²) in [6.45, 7) is 1.70. The molecule has 0 radical (unpaired) electrons. The van der Waals surface area contributed by atoms with Gasteiger partial charge in [0.05, 0.1) is 0 Å². The Morgan fingerprint density at radius 1 is 1.50 bits per heavy atom. The van der Waals surface area contributed by atoms with Crippen molar-refractivity contribution in [2.24, 2.45) is 0 Å². The third kappa shape index (κ3) is 4.45. The predicted octanol–water partition coefficient (Wildman–Crippen LogP) is 1.43. The van der Waals surface area contributed by atoms with Crippen LogP contribution in [0.15, 0.2) is 0 Å². The number of alkyl halides is 3. The standard InChI is InChI=1S/C8H14F3NO2/c1-4-12(5-8(9,10)11)7(13)6(2)14-3/h6H,4-5H2,1-3H3. The molecule has 3 nitrogen and oxygen atoms in total. The van der Waals surface area contributed by atoms with Crippen molar-refractivity contribution in [2.75, 3.05) is 20.2 Å². The fraction of sp³-hybridized carbons (Fsp3) is 0.875. The molecule has 0 aromatic heterocycles. The van der Waals surface area contributed by atoms with Crippen LogP contribution in [0.25, 0.3) is 0 Å². The first kappa shape index (κ1) is 13.2. The van der Waals surface area contributed by atoms with Crippen LogP contribution in [-0.2, 0) is 9.53 Å². The Morgan fingerprint density at radius 2 is 2.00 bits per heavy atom. The highest BCUT2D eigenvalue weighted by molar-refractivity contribution is 5.80. The molecule has 0 spiro atoms. The van der Waals surface area contributed by atoms with Gasteiger partial charge in [-0.05, 0) is 13.8 Å². The predicted molar refractivity (Wildman–Crippen MR) is 44.8 cm³/mol. The molecule has 0 rings (SSSR count). The van der Waals surface area contributed by atoms with E-state index in [1.165, 1.54) is 21.0 Å². The molecule has 1 amide bonds. The molecule has 6 heteroatoms. The molecule has 0 aromatic carbocycles. The molecule has 1 unspecified atom stereocenters.